The topological polar surface area (TPSA) is 130 Å². The van der Waals surface area contributed by atoms with E-state index in [0.29, 0.717) is 5.52 Å². The lowest BCUT2D eigenvalue weighted by atomic mass is 9.81. The lowest BCUT2D eigenvalue weighted by Gasteiger charge is -2.30. The van der Waals surface area contributed by atoms with Crippen molar-refractivity contribution in [3.63, 3.8) is 0 Å². The van der Waals surface area contributed by atoms with Crippen molar-refractivity contribution in [2.45, 2.75) is 42.4 Å². The van der Waals surface area contributed by atoms with Gasteiger partial charge in [-0.15, -0.1) is 0 Å². The van der Waals surface area contributed by atoms with Crippen LogP contribution in [0.15, 0.2) is 18.5 Å². The fourth-order valence-electron chi connectivity index (χ4n) is 3.45. The third kappa shape index (κ3) is 1.43. The monoisotopic (exact) mass is 319 g/mol. The van der Waals surface area contributed by atoms with Gasteiger partial charge in [0, 0.05) is 6.42 Å². The van der Waals surface area contributed by atoms with Crippen molar-refractivity contribution in [3.8, 4) is 6.07 Å². The quantitative estimate of drug-likeness (QED) is 0.655. The first kappa shape index (κ1) is 14.3. The first-order valence-corrected chi connectivity index (χ1v) is 7.05. The summed E-state index contributed by atoms with van der Waals surface area (Å²) in [5.74, 6) is 0.166. The molecule has 1 aliphatic carbocycles. The number of fused-ring (bicyclic) bond motifs is 1. The molecular weight excluding hydrogens is 305 g/mol. The summed E-state index contributed by atoms with van der Waals surface area (Å²) in [5.41, 5.74) is 0.186. The summed E-state index contributed by atoms with van der Waals surface area (Å²) in [7, 11) is 0. The SMILES string of the molecule is C[C@@]1(F)[C@H](O)C2(CC2O)O[C@@]1(C#N)c1ccc2c(N)ncnn12. The number of aromatic nitrogens is 3. The predicted octanol–water partition coefficient (Wildman–Crippen LogP) is -0.347. The molecule has 2 unspecified atom stereocenters. The number of aliphatic hydroxyl groups is 2. The van der Waals surface area contributed by atoms with Gasteiger partial charge in [0.15, 0.2) is 11.5 Å². The van der Waals surface area contributed by atoms with E-state index in [1.165, 1.54) is 16.9 Å². The first-order valence-electron chi connectivity index (χ1n) is 7.05. The number of anilines is 1. The standard InChI is InChI=1S/C14H14FN5O3/c1-12(15)11(22)13(4-9(13)21)23-14(12,5-16)8-3-2-7-10(17)18-6-19-20(7)8/h2-3,6,9,11,21-22H,4H2,1H3,(H2,17,18,19)/t9?,11-,12+,13?,14-/m0/s1. The molecule has 4 N–H and O–H groups in total. The highest BCUT2D eigenvalue weighted by Gasteiger charge is 2.80. The number of nitrogen functional groups attached to an aromatic ring is 1. The Bertz CT molecular complexity index is 862. The Labute approximate surface area is 129 Å². The second-order valence-electron chi connectivity index (χ2n) is 6.21. The summed E-state index contributed by atoms with van der Waals surface area (Å²) in [6.45, 7) is 1.09. The van der Waals surface area contributed by atoms with E-state index in [2.05, 4.69) is 10.1 Å². The molecule has 120 valence electrons. The van der Waals surface area contributed by atoms with Crippen molar-refractivity contribution in [1.29, 1.82) is 5.26 Å². The average molecular weight is 319 g/mol. The molecule has 1 aliphatic heterocycles. The largest absolute Gasteiger partial charge is 0.390 e. The number of ether oxygens (including phenoxy) is 1. The smallest absolute Gasteiger partial charge is 0.233 e. The Balaban J connectivity index is 1.98. The van der Waals surface area contributed by atoms with Crippen LogP contribution < -0.4 is 5.73 Å². The highest BCUT2D eigenvalue weighted by molar-refractivity contribution is 5.66. The molecule has 2 fully saturated rings. The maximum atomic E-state index is 15.4. The van der Waals surface area contributed by atoms with Gasteiger partial charge in [0.05, 0.1) is 11.8 Å². The van der Waals surface area contributed by atoms with Crippen molar-refractivity contribution in [2.24, 2.45) is 0 Å². The van der Waals surface area contributed by atoms with E-state index in [1.807, 2.05) is 6.07 Å². The summed E-state index contributed by atoms with van der Waals surface area (Å²) in [6, 6.07) is 4.84. The van der Waals surface area contributed by atoms with Crippen molar-refractivity contribution in [2.75, 3.05) is 5.73 Å². The van der Waals surface area contributed by atoms with E-state index in [9.17, 15) is 15.5 Å². The van der Waals surface area contributed by atoms with Crippen LogP contribution in [0, 0.1) is 11.3 Å². The normalized spacial score (nSPS) is 42.2. The van der Waals surface area contributed by atoms with E-state index in [1.54, 1.807) is 6.07 Å². The zero-order valence-corrected chi connectivity index (χ0v) is 12.1. The number of rotatable bonds is 1. The fourth-order valence-corrected chi connectivity index (χ4v) is 3.45. The molecule has 8 nitrogen and oxygen atoms in total. The van der Waals surface area contributed by atoms with Crippen LogP contribution in [0.25, 0.3) is 5.52 Å². The van der Waals surface area contributed by atoms with E-state index in [4.69, 9.17) is 10.5 Å². The van der Waals surface area contributed by atoms with Crippen molar-refractivity contribution >= 4 is 11.3 Å². The van der Waals surface area contributed by atoms with E-state index in [0.717, 1.165) is 6.92 Å². The highest BCUT2D eigenvalue weighted by atomic mass is 19.1. The van der Waals surface area contributed by atoms with E-state index >= 15 is 4.39 Å². The number of nitriles is 1. The van der Waals surface area contributed by atoms with Crippen molar-refractivity contribution in [3.05, 3.63) is 24.2 Å². The zero-order chi connectivity index (χ0) is 16.6. The molecule has 0 aromatic carbocycles. The van der Waals surface area contributed by atoms with Crippen LogP contribution in [-0.2, 0) is 10.3 Å². The second-order valence-corrected chi connectivity index (χ2v) is 6.21. The minimum atomic E-state index is -2.45. The van der Waals surface area contributed by atoms with Crippen LogP contribution in [0.3, 0.4) is 0 Å². The van der Waals surface area contributed by atoms with Crippen LogP contribution in [-0.4, -0.2) is 48.3 Å². The molecule has 2 aromatic rings. The molecule has 2 aliphatic rings. The number of aliphatic hydroxyl groups excluding tert-OH is 2. The molecule has 5 atom stereocenters. The lowest BCUT2D eigenvalue weighted by Crippen LogP contribution is -2.49. The average Bonchev–Trinajstić information content (AvgIpc) is 2.90. The first-order chi connectivity index (χ1) is 10.8. The van der Waals surface area contributed by atoms with Crippen LogP contribution in [0.5, 0.6) is 0 Å². The lowest BCUT2D eigenvalue weighted by molar-refractivity contribution is -0.0812. The Kier molecular flexibility index (Phi) is 2.47. The summed E-state index contributed by atoms with van der Waals surface area (Å²) in [5, 5.41) is 33.8. The fraction of sp³-hybridized carbons (Fsp3) is 0.500. The number of hydrogen-bond acceptors (Lipinski definition) is 7. The molecule has 3 heterocycles. The number of nitrogens with zero attached hydrogens (tertiary/aromatic N) is 4. The maximum absolute atomic E-state index is 15.4. The van der Waals surface area contributed by atoms with E-state index < -0.39 is 29.1 Å². The van der Waals surface area contributed by atoms with Crippen molar-refractivity contribution < 1.29 is 19.3 Å². The minimum Gasteiger partial charge on any atom is -0.390 e. The third-order valence-corrected chi connectivity index (χ3v) is 4.92. The molecular formula is C14H14FN5O3. The van der Waals surface area contributed by atoms with Gasteiger partial charge in [-0.05, 0) is 19.1 Å². The van der Waals surface area contributed by atoms with Gasteiger partial charge in [0.1, 0.15) is 29.6 Å². The molecule has 1 saturated carbocycles. The summed E-state index contributed by atoms with van der Waals surface area (Å²) in [6.07, 6.45) is -1.42. The van der Waals surface area contributed by atoms with Crippen LogP contribution in [0.4, 0.5) is 10.2 Å². The van der Waals surface area contributed by atoms with Gasteiger partial charge in [0.25, 0.3) is 0 Å². The number of halogens is 1. The van der Waals surface area contributed by atoms with Crippen molar-refractivity contribution in [1.82, 2.24) is 14.6 Å². The molecule has 0 bridgehead atoms. The van der Waals surface area contributed by atoms with Gasteiger partial charge in [-0.25, -0.2) is 13.9 Å². The summed E-state index contributed by atoms with van der Waals surface area (Å²) >= 11 is 0. The van der Waals surface area contributed by atoms with Gasteiger partial charge in [-0.3, -0.25) is 0 Å². The van der Waals surface area contributed by atoms with Crippen LogP contribution in [0.1, 0.15) is 19.0 Å². The van der Waals surface area contributed by atoms with Gasteiger partial charge in [-0.2, -0.15) is 10.4 Å². The van der Waals surface area contributed by atoms with Crippen LogP contribution in [0.2, 0.25) is 0 Å². The molecule has 23 heavy (non-hydrogen) atoms. The van der Waals surface area contributed by atoms with Gasteiger partial charge < -0.3 is 20.7 Å². The Morgan fingerprint density at radius 1 is 1.52 bits per heavy atom. The van der Waals surface area contributed by atoms with Gasteiger partial charge >= 0.3 is 0 Å². The molecule has 0 radical (unpaired) electrons. The summed E-state index contributed by atoms with van der Waals surface area (Å²) < 4.78 is 22.4. The maximum Gasteiger partial charge on any atom is 0.233 e. The molecule has 1 saturated heterocycles. The number of alkyl halides is 1. The van der Waals surface area contributed by atoms with Gasteiger partial charge in [-0.1, -0.05) is 0 Å². The Hall–Kier alpha value is -2.28. The van der Waals surface area contributed by atoms with Gasteiger partial charge in [0.2, 0.25) is 5.60 Å². The molecule has 2 aromatic heterocycles. The second kappa shape index (κ2) is 3.97. The number of hydrogen-bond donors (Lipinski definition) is 3. The Morgan fingerprint density at radius 3 is 2.78 bits per heavy atom. The molecule has 1 spiro atoms. The summed E-state index contributed by atoms with van der Waals surface area (Å²) in [4.78, 5) is 3.84. The zero-order valence-electron chi connectivity index (χ0n) is 12.1. The third-order valence-electron chi connectivity index (χ3n) is 4.92. The Morgan fingerprint density at radius 2 is 2.22 bits per heavy atom. The molecule has 0 amide bonds. The van der Waals surface area contributed by atoms with Crippen LogP contribution >= 0.6 is 0 Å². The molecule has 4 rings (SSSR count). The molecule has 9 heteroatoms. The van der Waals surface area contributed by atoms with E-state index in [-0.39, 0.29) is 17.9 Å². The number of nitrogens with two attached hydrogens (primary N) is 1. The highest BCUT2D eigenvalue weighted by Crippen LogP contribution is 2.62. The minimum absolute atomic E-state index is 0.0670. The predicted molar refractivity (Wildman–Crippen MR) is 74.7 cm³/mol.